The molecule has 0 atom stereocenters. The number of nitrogens with zero attached hydrogens (tertiary/aromatic N) is 1. The Hall–Kier alpha value is -4.10. The molecule has 0 spiro atoms. The fraction of sp³-hybridized carbons (Fsp3) is 0.0800. The van der Waals surface area contributed by atoms with E-state index in [9.17, 15) is 14.4 Å². The molecular weight excluding hydrogens is 442 g/mol. The Labute approximate surface area is 195 Å². The van der Waals surface area contributed by atoms with E-state index in [0.29, 0.717) is 28.4 Å². The van der Waals surface area contributed by atoms with Gasteiger partial charge in [-0.05, 0) is 79.6 Å². The van der Waals surface area contributed by atoms with Gasteiger partial charge in [-0.1, -0.05) is 23.7 Å². The summed E-state index contributed by atoms with van der Waals surface area (Å²) in [4.78, 5) is 39.2. The summed E-state index contributed by atoms with van der Waals surface area (Å²) >= 11 is 6.22. The topological polar surface area (TPSA) is 102 Å². The number of imide groups is 1. The highest BCUT2D eigenvalue weighted by atomic mass is 35.5. The summed E-state index contributed by atoms with van der Waals surface area (Å²) in [6.45, 7) is 3.69. The number of anilines is 3. The van der Waals surface area contributed by atoms with E-state index in [2.05, 4.69) is 5.32 Å². The third-order valence-corrected chi connectivity index (χ3v) is 5.46. The first-order valence-electron chi connectivity index (χ1n) is 10.0. The first-order chi connectivity index (χ1) is 15.7. The number of hydrogen-bond acceptors (Lipinski definition) is 6. The molecule has 166 valence electrons. The number of carbonyl (C=O) groups excluding carboxylic acids is 3. The van der Waals surface area contributed by atoms with Gasteiger partial charge in [0, 0.05) is 11.4 Å². The maximum atomic E-state index is 13.0. The molecule has 0 saturated carbocycles. The summed E-state index contributed by atoms with van der Waals surface area (Å²) < 4.78 is 5.31. The number of esters is 1. The lowest BCUT2D eigenvalue weighted by atomic mass is 10.1. The van der Waals surface area contributed by atoms with E-state index in [-0.39, 0.29) is 10.7 Å². The van der Waals surface area contributed by atoms with Gasteiger partial charge in [-0.15, -0.1) is 0 Å². The van der Waals surface area contributed by atoms with Crippen molar-refractivity contribution in [3.8, 4) is 5.75 Å². The Bertz CT molecular complexity index is 1300. The predicted molar refractivity (Wildman–Crippen MR) is 127 cm³/mol. The molecule has 0 aromatic heterocycles. The second kappa shape index (κ2) is 8.80. The van der Waals surface area contributed by atoms with Gasteiger partial charge < -0.3 is 15.8 Å². The molecule has 0 radical (unpaired) electrons. The number of carbonyl (C=O) groups is 3. The van der Waals surface area contributed by atoms with Gasteiger partial charge in [0.2, 0.25) is 0 Å². The van der Waals surface area contributed by atoms with Crippen molar-refractivity contribution in [1.82, 2.24) is 0 Å². The molecule has 4 rings (SSSR count). The van der Waals surface area contributed by atoms with Crippen molar-refractivity contribution in [2.24, 2.45) is 0 Å². The van der Waals surface area contributed by atoms with Crippen LogP contribution in [0.1, 0.15) is 21.5 Å². The van der Waals surface area contributed by atoms with Crippen molar-refractivity contribution < 1.29 is 19.1 Å². The van der Waals surface area contributed by atoms with Crippen molar-refractivity contribution >= 4 is 46.4 Å². The molecular formula is C25H20ClN3O4. The second-order valence-electron chi connectivity index (χ2n) is 7.59. The van der Waals surface area contributed by atoms with E-state index in [1.165, 1.54) is 0 Å². The number of ether oxygens (including phenoxy) is 1. The number of nitrogens with one attached hydrogen (secondary N) is 1. The third kappa shape index (κ3) is 4.44. The monoisotopic (exact) mass is 461 g/mol. The first-order valence-corrected chi connectivity index (χ1v) is 10.4. The normalized spacial score (nSPS) is 13.5. The molecule has 8 heteroatoms. The van der Waals surface area contributed by atoms with Crippen LogP contribution in [-0.4, -0.2) is 17.8 Å². The average Bonchev–Trinajstić information content (AvgIpc) is 3.00. The Morgan fingerprint density at radius 3 is 2.27 bits per heavy atom. The first kappa shape index (κ1) is 22.1. The number of halogens is 1. The van der Waals surface area contributed by atoms with E-state index < -0.39 is 17.8 Å². The standard InChI is InChI=1S/C25H20ClN3O4/c1-14-3-4-15(2)20(13-14)29-23(30)21(26)22(24(29)31)28-18-9-5-16(6-10-18)25(32)33-19-11-7-17(27)8-12-19/h3-13,28H,27H2,1-2H3. The molecule has 0 aliphatic carbocycles. The fourth-order valence-corrected chi connectivity index (χ4v) is 3.54. The van der Waals surface area contributed by atoms with Crippen molar-refractivity contribution in [1.29, 1.82) is 0 Å². The van der Waals surface area contributed by atoms with Crippen LogP contribution < -0.4 is 20.7 Å². The Balaban J connectivity index is 1.50. The zero-order valence-corrected chi connectivity index (χ0v) is 18.6. The van der Waals surface area contributed by atoms with E-state index in [4.69, 9.17) is 22.1 Å². The van der Waals surface area contributed by atoms with Crippen LogP contribution in [0, 0.1) is 13.8 Å². The molecule has 1 aliphatic heterocycles. The highest BCUT2D eigenvalue weighted by Crippen LogP contribution is 2.32. The largest absolute Gasteiger partial charge is 0.423 e. The summed E-state index contributed by atoms with van der Waals surface area (Å²) in [6, 6.07) is 18.2. The van der Waals surface area contributed by atoms with Crippen LogP contribution in [0.4, 0.5) is 17.1 Å². The molecule has 0 bridgehead atoms. The van der Waals surface area contributed by atoms with Crippen LogP contribution in [0.25, 0.3) is 0 Å². The van der Waals surface area contributed by atoms with Gasteiger partial charge in [0.25, 0.3) is 11.8 Å². The van der Waals surface area contributed by atoms with Crippen molar-refractivity contribution in [3.63, 3.8) is 0 Å². The summed E-state index contributed by atoms with van der Waals surface area (Å²) in [7, 11) is 0. The van der Waals surface area contributed by atoms with Crippen LogP contribution in [0.2, 0.25) is 0 Å². The van der Waals surface area contributed by atoms with Gasteiger partial charge in [-0.3, -0.25) is 9.59 Å². The Morgan fingerprint density at radius 1 is 0.939 bits per heavy atom. The van der Waals surface area contributed by atoms with Crippen LogP contribution in [0.5, 0.6) is 5.75 Å². The van der Waals surface area contributed by atoms with E-state index >= 15 is 0 Å². The van der Waals surface area contributed by atoms with Gasteiger partial charge in [0.1, 0.15) is 16.5 Å². The number of rotatable bonds is 5. The van der Waals surface area contributed by atoms with Crippen LogP contribution in [-0.2, 0) is 9.59 Å². The smallest absolute Gasteiger partial charge is 0.343 e. The number of nitrogen functional groups attached to an aromatic ring is 1. The maximum Gasteiger partial charge on any atom is 0.343 e. The lowest BCUT2D eigenvalue weighted by Crippen LogP contribution is -2.32. The molecule has 1 heterocycles. The number of benzene rings is 3. The van der Waals surface area contributed by atoms with Gasteiger partial charge >= 0.3 is 5.97 Å². The molecule has 3 N–H and O–H groups in total. The van der Waals surface area contributed by atoms with Gasteiger partial charge in [-0.2, -0.15) is 0 Å². The molecule has 0 fully saturated rings. The summed E-state index contributed by atoms with van der Waals surface area (Å²) in [5, 5.41) is 2.70. The molecule has 2 amide bonds. The minimum absolute atomic E-state index is 0.0280. The second-order valence-corrected chi connectivity index (χ2v) is 7.96. The summed E-state index contributed by atoms with van der Waals surface area (Å²) in [6.07, 6.45) is 0. The number of nitrogens with two attached hydrogens (primary N) is 1. The van der Waals surface area contributed by atoms with Crippen molar-refractivity contribution in [3.05, 3.63) is 94.1 Å². The van der Waals surface area contributed by atoms with Crippen LogP contribution >= 0.6 is 11.6 Å². The maximum absolute atomic E-state index is 13.0. The van der Waals surface area contributed by atoms with E-state index in [1.54, 1.807) is 54.6 Å². The minimum Gasteiger partial charge on any atom is -0.423 e. The van der Waals surface area contributed by atoms with E-state index in [1.807, 2.05) is 26.0 Å². The molecule has 33 heavy (non-hydrogen) atoms. The Morgan fingerprint density at radius 2 is 1.61 bits per heavy atom. The number of hydrogen-bond donors (Lipinski definition) is 2. The third-order valence-electron chi connectivity index (χ3n) is 5.11. The van der Waals surface area contributed by atoms with Crippen LogP contribution in [0.15, 0.2) is 77.5 Å². The minimum atomic E-state index is -0.596. The average molecular weight is 462 g/mol. The van der Waals surface area contributed by atoms with Crippen molar-refractivity contribution in [2.75, 3.05) is 16.0 Å². The zero-order valence-electron chi connectivity index (χ0n) is 17.9. The fourth-order valence-electron chi connectivity index (χ4n) is 3.33. The molecule has 0 unspecified atom stereocenters. The quantitative estimate of drug-likeness (QED) is 0.250. The van der Waals surface area contributed by atoms with Gasteiger partial charge in [-0.25, -0.2) is 9.69 Å². The molecule has 1 aliphatic rings. The predicted octanol–water partition coefficient (Wildman–Crippen LogP) is 4.54. The Kier molecular flexibility index (Phi) is 5.89. The summed E-state index contributed by atoms with van der Waals surface area (Å²) in [5.41, 5.74) is 9.13. The lowest BCUT2D eigenvalue weighted by Gasteiger charge is -2.18. The highest BCUT2D eigenvalue weighted by Gasteiger charge is 2.39. The zero-order chi connectivity index (χ0) is 23.7. The van der Waals surface area contributed by atoms with Gasteiger partial charge in [0.15, 0.2) is 0 Å². The molecule has 0 saturated heterocycles. The van der Waals surface area contributed by atoms with Crippen molar-refractivity contribution in [2.45, 2.75) is 13.8 Å². The van der Waals surface area contributed by atoms with Gasteiger partial charge in [0.05, 0.1) is 11.3 Å². The number of aryl methyl sites for hydroxylation is 2. The number of amides is 2. The summed E-state index contributed by atoms with van der Waals surface area (Å²) in [5.74, 6) is -1.32. The molecule has 3 aromatic rings. The SMILES string of the molecule is Cc1ccc(C)c(N2C(=O)C(Cl)=C(Nc3ccc(C(=O)Oc4ccc(N)cc4)cc3)C2=O)c1. The molecule has 3 aromatic carbocycles. The van der Waals surface area contributed by atoms with E-state index in [0.717, 1.165) is 16.0 Å². The highest BCUT2D eigenvalue weighted by molar-refractivity contribution is 6.53. The molecule has 7 nitrogen and oxygen atoms in total. The van der Waals surface area contributed by atoms with Crippen LogP contribution in [0.3, 0.4) is 0 Å². The lowest BCUT2D eigenvalue weighted by molar-refractivity contribution is -0.120.